The molecular formula is C11H20O2. The van der Waals surface area contributed by atoms with E-state index in [1.165, 1.54) is 19.3 Å². The molecule has 0 amide bonds. The predicted molar refractivity (Wildman–Crippen MR) is 51.1 cm³/mol. The van der Waals surface area contributed by atoms with E-state index in [0.717, 1.165) is 18.4 Å². The van der Waals surface area contributed by atoms with Crippen LogP contribution in [0.3, 0.4) is 0 Å². The molecule has 0 spiro atoms. The van der Waals surface area contributed by atoms with Crippen LogP contribution in [0.2, 0.25) is 0 Å². The second kappa shape index (κ2) is 3.58. The summed E-state index contributed by atoms with van der Waals surface area (Å²) in [6, 6.07) is 0. The second-order valence-electron chi connectivity index (χ2n) is 4.30. The third kappa shape index (κ3) is 1.31. The number of rotatable bonds is 0. The molecule has 0 radical (unpaired) electrons. The molecule has 0 aromatic carbocycles. The van der Waals surface area contributed by atoms with Gasteiger partial charge < -0.3 is 9.84 Å². The molecule has 2 bridgehead atoms. The Morgan fingerprint density at radius 3 is 2.54 bits per heavy atom. The number of aliphatic hydroxyl groups excluding tert-OH is 1. The van der Waals surface area contributed by atoms with Crippen LogP contribution in [-0.4, -0.2) is 18.0 Å². The van der Waals surface area contributed by atoms with Crippen molar-refractivity contribution < 1.29 is 9.84 Å². The first-order valence-corrected chi connectivity index (χ1v) is 5.66. The molecule has 0 aromatic heterocycles. The summed E-state index contributed by atoms with van der Waals surface area (Å²) in [7, 11) is 0. The molecule has 13 heavy (non-hydrogen) atoms. The fourth-order valence-electron chi connectivity index (χ4n) is 3.47. The van der Waals surface area contributed by atoms with Crippen molar-refractivity contribution >= 4 is 0 Å². The Morgan fingerprint density at radius 2 is 1.85 bits per heavy atom. The highest BCUT2D eigenvalue weighted by Crippen LogP contribution is 2.56. The van der Waals surface area contributed by atoms with Gasteiger partial charge in [-0.25, -0.2) is 0 Å². The lowest BCUT2D eigenvalue weighted by Crippen LogP contribution is -2.25. The van der Waals surface area contributed by atoms with Crippen LogP contribution < -0.4 is 0 Å². The molecule has 3 aliphatic rings. The number of fused-ring (bicyclic) bond motifs is 5. The van der Waals surface area contributed by atoms with Gasteiger partial charge in [-0.3, -0.25) is 0 Å². The second-order valence-corrected chi connectivity index (χ2v) is 4.30. The minimum absolute atomic E-state index is 0.421. The van der Waals surface area contributed by atoms with Crippen LogP contribution in [0.1, 0.15) is 33.1 Å². The smallest absolute Gasteiger partial charge is 0.157 e. The zero-order chi connectivity index (χ0) is 9.42. The first-order chi connectivity index (χ1) is 6.36. The van der Waals surface area contributed by atoms with Crippen LogP contribution >= 0.6 is 0 Å². The third-order valence-electron chi connectivity index (χ3n) is 3.95. The summed E-state index contributed by atoms with van der Waals surface area (Å²) in [6.07, 6.45) is 3.68. The molecule has 1 heterocycles. The number of hydrogen-bond acceptors (Lipinski definition) is 2. The normalized spacial score (nSPS) is 51.5. The standard InChI is InChI=1S/C9H14O2.C2H6/c10-9-8-6-2-1-5(3-6)7(8)4-11-9;1-2/h5-10H,1-4H2;1-2H3. The molecule has 76 valence electrons. The monoisotopic (exact) mass is 184 g/mol. The maximum Gasteiger partial charge on any atom is 0.157 e. The van der Waals surface area contributed by atoms with E-state index in [1.807, 2.05) is 13.8 Å². The Morgan fingerprint density at radius 1 is 1.15 bits per heavy atom. The minimum Gasteiger partial charge on any atom is -0.368 e. The average molecular weight is 184 g/mol. The Bertz CT molecular complexity index is 181. The summed E-state index contributed by atoms with van der Waals surface area (Å²) in [6.45, 7) is 4.83. The van der Waals surface area contributed by atoms with Gasteiger partial charge in [0.1, 0.15) is 0 Å². The molecule has 2 heteroatoms. The first kappa shape index (κ1) is 9.47. The quantitative estimate of drug-likeness (QED) is 0.624. The van der Waals surface area contributed by atoms with Crippen molar-refractivity contribution in [3.05, 3.63) is 0 Å². The van der Waals surface area contributed by atoms with Crippen LogP contribution in [-0.2, 0) is 4.74 Å². The number of ether oxygens (including phenoxy) is 1. The van der Waals surface area contributed by atoms with Gasteiger partial charge in [-0.1, -0.05) is 13.8 Å². The van der Waals surface area contributed by atoms with Crippen molar-refractivity contribution in [1.82, 2.24) is 0 Å². The van der Waals surface area contributed by atoms with E-state index in [2.05, 4.69) is 0 Å². The predicted octanol–water partition coefficient (Wildman–Crippen LogP) is 2.02. The van der Waals surface area contributed by atoms with Crippen molar-refractivity contribution in [3.8, 4) is 0 Å². The van der Waals surface area contributed by atoms with Gasteiger partial charge in [0.15, 0.2) is 6.29 Å². The van der Waals surface area contributed by atoms with Gasteiger partial charge >= 0.3 is 0 Å². The van der Waals surface area contributed by atoms with Crippen molar-refractivity contribution in [3.63, 3.8) is 0 Å². The van der Waals surface area contributed by atoms with Gasteiger partial charge in [0.25, 0.3) is 0 Å². The van der Waals surface area contributed by atoms with E-state index >= 15 is 0 Å². The van der Waals surface area contributed by atoms with Gasteiger partial charge in [-0.2, -0.15) is 0 Å². The zero-order valence-corrected chi connectivity index (χ0v) is 8.57. The Labute approximate surface area is 80.3 Å². The Kier molecular flexibility index (Phi) is 2.61. The minimum atomic E-state index is -0.421. The maximum absolute atomic E-state index is 9.50. The van der Waals surface area contributed by atoms with E-state index in [1.54, 1.807) is 0 Å². The summed E-state index contributed by atoms with van der Waals surface area (Å²) in [5.41, 5.74) is 0. The summed E-state index contributed by atoms with van der Waals surface area (Å²) < 4.78 is 5.26. The maximum atomic E-state index is 9.50. The fraction of sp³-hybridized carbons (Fsp3) is 1.00. The van der Waals surface area contributed by atoms with Gasteiger partial charge in [-0.15, -0.1) is 0 Å². The molecule has 1 saturated heterocycles. The molecule has 2 aliphatic carbocycles. The van der Waals surface area contributed by atoms with E-state index < -0.39 is 6.29 Å². The Balaban J connectivity index is 0.000000308. The lowest BCUT2D eigenvalue weighted by atomic mass is 9.81. The molecule has 2 nitrogen and oxygen atoms in total. The van der Waals surface area contributed by atoms with Gasteiger partial charge in [0, 0.05) is 5.92 Å². The molecule has 5 atom stereocenters. The molecule has 2 saturated carbocycles. The first-order valence-electron chi connectivity index (χ1n) is 5.66. The van der Waals surface area contributed by atoms with Crippen molar-refractivity contribution in [2.75, 3.05) is 6.61 Å². The van der Waals surface area contributed by atoms with Crippen LogP contribution in [0, 0.1) is 23.7 Å². The lowest BCUT2D eigenvalue weighted by molar-refractivity contribution is -0.0918. The number of hydrogen-bond donors (Lipinski definition) is 1. The van der Waals surface area contributed by atoms with E-state index in [4.69, 9.17) is 4.74 Å². The van der Waals surface area contributed by atoms with Gasteiger partial charge in [0.05, 0.1) is 6.61 Å². The fourth-order valence-corrected chi connectivity index (χ4v) is 3.47. The number of aliphatic hydroxyl groups is 1. The van der Waals surface area contributed by atoms with Gasteiger partial charge in [-0.05, 0) is 37.0 Å². The van der Waals surface area contributed by atoms with E-state index in [0.29, 0.717) is 11.8 Å². The summed E-state index contributed by atoms with van der Waals surface area (Å²) in [5, 5.41) is 9.50. The van der Waals surface area contributed by atoms with Crippen molar-refractivity contribution in [2.45, 2.75) is 39.4 Å². The molecule has 3 rings (SSSR count). The van der Waals surface area contributed by atoms with Gasteiger partial charge in [0.2, 0.25) is 0 Å². The highest BCUT2D eigenvalue weighted by Gasteiger charge is 2.53. The summed E-state index contributed by atoms with van der Waals surface area (Å²) >= 11 is 0. The average Bonchev–Trinajstić information content (AvgIpc) is 2.81. The van der Waals surface area contributed by atoms with Crippen LogP contribution in [0.15, 0.2) is 0 Å². The lowest BCUT2D eigenvalue weighted by Gasteiger charge is -2.23. The third-order valence-corrected chi connectivity index (χ3v) is 3.95. The topological polar surface area (TPSA) is 29.5 Å². The summed E-state index contributed by atoms with van der Waals surface area (Å²) in [5.74, 6) is 2.90. The molecule has 3 fully saturated rings. The molecule has 1 aliphatic heterocycles. The van der Waals surface area contributed by atoms with E-state index in [-0.39, 0.29) is 0 Å². The van der Waals surface area contributed by atoms with Crippen molar-refractivity contribution in [2.24, 2.45) is 23.7 Å². The van der Waals surface area contributed by atoms with Crippen LogP contribution in [0.5, 0.6) is 0 Å². The molecule has 0 aromatic rings. The summed E-state index contributed by atoms with van der Waals surface area (Å²) in [4.78, 5) is 0. The largest absolute Gasteiger partial charge is 0.368 e. The SMILES string of the molecule is CC.OC1OCC2C3CCC(C3)C12. The highest BCUT2D eigenvalue weighted by molar-refractivity contribution is 4.99. The van der Waals surface area contributed by atoms with E-state index in [9.17, 15) is 5.11 Å². The highest BCUT2D eigenvalue weighted by atomic mass is 16.6. The van der Waals surface area contributed by atoms with Crippen LogP contribution in [0.25, 0.3) is 0 Å². The van der Waals surface area contributed by atoms with Crippen molar-refractivity contribution in [1.29, 1.82) is 0 Å². The molecular weight excluding hydrogens is 164 g/mol. The molecule has 5 unspecified atom stereocenters. The Hall–Kier alpha value is -0.0800. The van der Waals surface area contributed by atoms with Crippen LogP contribution in [0.4, 0.5) is 0 Å². The molecule has 1 N–H and O–H groups in total. The zero-order valence-electron chi connectivity index (χ0n) is 8.57.